The molecule has 2 N–H and O–H groups in total. The van der Waals surface area contributed by atoms with Crippen molar-refractivity contribution in [2.45, 2.75) is 19.4 Å². The summed E-state index contributed by atoms with van der Waals surface area (Å²) < 4.78 is 11.1. The number of para-hydroxylation sites is 3. The molecule has 0 saturated carbocycles. The minimum absolute atomic E-state index is 0.0712. The zero-order valence-electron chi connectivity index (χ0n) is 16.8. The third-order valence-electron chi connectivity index (χ3n) is 4.47. The molecule has 2 aromatic rings. The lowest BCUT2D eigenvalue weighted by Crippen LogP contribution is -2.52. The standard InChI is InChI=1S/C22H25N3O5/c1-2-12-23-22(28)19-14-25(17-10-6-7-11-18(17)30-19)21(27)13-24-20(26)15-29-16-8-4-3-5-9-16/h3-11,19H,2,12-15H2,1H3,(H,23,28)(H,24,26)/t19-/m0/s1. The molecule has 0 radical (unpaired) electrons. The van der Waals surface area contributed by atoms with Crippen LogP contribution in [0.3, 0.4) is 0 Å². The number of ether oxygens (including phenoxy) is 2. The van der Waals surface area contributed by atoms with Gasteiger partial charge in [-0.3, -0.25) is 14.4 Å². The number of carbonyl (C=O) groups is 3. The van der Waals surface area contributed by atoms with Crippen LogP contribution >= 0.6 is 0 Å². The van der Waals surface area contributed by atoms with Crippen LogP contribution in [0.5, 0.6) is 11.5 Å². The minimum Gasteiger partial charge on any atom is -0.484 e. The molecule has 8 nitrogen and oxygen atoms in total. The zero-order chi connectivity index (χ0) is 21.3. The number of rotatable bonds is 8. The molecule has 30 heavy (non-hydrogen) atoms. The molecule has 158 valence electrons. The first-order valence-corrected chi connectivity index (χ1v) is 9.86. The van der Waals surface area contributed by atoms with E-state index in [1.54, 1.807) is 48.5 Å². The van der Waals surface area contributed by atoms with E-state index in [-0.39, 0.29) is 31.5 Å². The van der Waals surface area contributed by atoms with E-state index in [1.165, 1.54) is 4.90 Å². The number of hydrogen-bond acceptors (Lipinski definition) is 5. The van der Waals surface area contributed by atoms with Gasteiger partial charge in [0.05, 0.1) is 18.8 Å². The van der Waals surface area contributed by atoms with Crippen LogP contribution in [0.1, 0.15) is 13.3 Å². The maximum absolute atomic E-state index is 12.8. The molecule has 0 aliphatic carbocycles. The highest BCUT2D eigenvalue weighted by atomic mass is 16.5. The smallest absolute Gasteiger partial charge is 0.262 e. The van der Waals surface area contributed by atoms with Crippen molar-refractivity contribution in [2.75, 3.05) is 31.1 Å². The van der Waals surface area contributed by atoms with E-state index < -0.39 is 12.0 Å². The van der Waals surface area contributed by atoms with Crippen molar-refractivity contribution in [2.24, 2.45) is 0 Å². The summed E-state index contributed by atoms with van der Waals surface area (Å²) in [7, 11) is 0. The Bertz CT molecular complexity index is 887. The van der Waals surface area contributed by atoms with Gasteiger partial charge in [0.15, 0.2) is 12.7 Å². The fourth-order valence-corrected chi connectivity index (χ4v) is 2.96. The normalized spacial score (nSPS) is 14.8. The van der Waals surface area contributed by atoms with Crippen molar-refractivity contribution >= 4 is 23.4 Å². The van der Waals surface area contributed by atoms with Crippen LogP contribution < -0.4 is 25.0 Å². The predicted molar refractivity (Wildman–Crippen MR) is 111 cm³/mol. The number of fused-ring (bicyclic) bond motifs is 1. The molecular formula is C22H25N3O5. The van der Waals surface area contributed by atoms with Crippen molar-refractivity contribution in [3.63, 3.8) is 0 Å². The molecule has 3 amide bonds. The van der Waals surface area contributed by atoms with Gasteiger partial charge in [0, 0.05) is 6.54 Å². The average Bonchev–Trinajstić information content (AvgIpc) is 2.79. The number of hydrogen-bond donors (Lipinski definition) is 2. The van der Waals surface area contributed by atoms with Crippen molar-refractivity contribution in [3.05, 3.63) is 54.6 Å². The molecule has 0 fully saturated rings. The van der Waals surface area contributed by atoms with Crippen LogP contribution in [0.2, 0.25) is 0 Å². The lowest BCUT2D eigenvalue weighted by Gasteiger charge is -2.34. The number of nitrogens with zero attached hydrogens (tertiary/aromatic N) is 1. The Labute approximate surface area is 175 Å². The largest absolute Gasteiger partial charge is 0.484 e. The maximum Gasteiger partial charge on any atom is 0.262 e. The van der Waals surface area contributed by atoms with E-state index >= 15 is 0 Å². The fraction of sp³-hybridized carbons (Fsp3) is 0.318. The molecule has 0 saturated heterocycles. The molecule has 3 rings (SSSR count). The van der Waals surface area contributed by atoms with Gasteiger partial charge in [0.1, 0.15) is 11.5 Å². The van der Waals surface area contributed by atoms with Crippen molar-refractivity contribution in [3.8, 4) is 11.5 Å². The van der Waals surface area contributed by atoms with Gasteiger partial charge in [-0.05, 0) is 30.7 Å². The van der Waals surface area contributed by atoms with E-state index in [2.05, 4.69) is 10.6 Å². The Hall–Kier alpha value is -3.55. The predicted octanol–water partition coefficient (Wildman–Crippen LogP) is 1.50. The third-order valence-corrected chi connectivity index (χ3v) is 4.47. The second-order valence-corrected chi connectivity index (χ2v) is 6.75. The molecule has 0 aromatic heterocycles. The van der Waals surface area contributed by atoms with Crippen molar-refractivity contribution in [1.29, 1.82) is 0 Å². The molecule has 2 aromatic carbocycles. The Morgan fingerprint density at radius 2 is 1.80 bits per heavy atom. The Balaban J connectivity index is 1.59. The van der Waals surface area contributed by atoms with E-state index in [4.69, 9.17) is 9.47 Å². The van der Waals surface area contributed by atoms with Crippen molar-refractivity contribution < 1.29 is 23.9 Å². The third kappa shape index (κ3) is 5.50. The van der Waals surface area contributed by atoms with E-state index in [0.717, 1.165) is 6.42 Å². The highest BCUT2D eigenvalue weighted by molar-refractivity contribution is 5.99. The SMILES string of the molecule is CCCNC(=O)[C@@H]1CN(C(=O)CNC(=O)COc2ccccc2)c2ccccc2O1. The summed E-state index contributed by atoms with van der Waals surface area (Å²) in [6, 6.07) is 16.0. The number of carbonyl (C=O) groups excluding carboxylic acids is 3. The summed E-state index contributed by atoms with van der Waals surface area (Å²) in [5, 5.41) is 5.35. The van der Waals surface area contributed by atoms with Gasteiger partial charge in [0.2, 0.25) is 5.91 Å². The Morgan fingerprint density at radius 3 is 2.57 bits per heavy atom. The van der Waals surface area contributed by atoms with Crippen molar-refractivity contribution in [1.82, 2.24) is 10.6 Å². The molecule has 1 aliphatic rings. The van der Waals surface area contributed by atoms with Crippen LogP contribution in [0.15, 0.2) is 54.6 Å². The van der Waals surface area contributed by atoms with Crippen LogP contribution in [0, 0.1) is 0 Å². The van der Waals surface area contributed by atoms with Crippen LogP contribution in [-0.2, 0) is 14.4 Å². The van der Waals surface area contributed by atoms with Crippen LogP contribution in [0.4, 0.5) is 5.69 Å². The monoisotopic (exact) mass is 411 g/mol. The molecule has 0 spiro atoms. The first-order valence-electron chi connectivity index (χ1n) is 9.86. The Morgan fingerprint density at radius 1 is 1.07 bits per heavy atom. The fourth-order valence-electron chi connectivity index (χ4n) is 2.96. The number of amides is 3. The van der Waals surface area contributed by atoms with Gasteiger partial charge in [-0.2, -0.15) is 0 Å². The second kappa shape index (κ2) is 10.3. The van der Waals surface area contributed by atoms with Gasteiger partial charge in [-0.15, -0.1) is 0 Å². The van der Waals surface area contributed by atoms with Gasteiger partial charge in [0.25, 0.3) is 11.8 Å². The molecule has 0 unspecified atom stereocenters. The number of anilines is 1. The summed E-state index contributed by atoms with van der Waals surface area (Å²) >= 11 is 0. The van der Waals surface area contributed by atoms with E-state index in [0.29, 0.717) is 23.7 Å². The molecule has 8 heteroatoms. The topological polar surface area (TPSA) is 97.0 Å². The van der Waals surface area contributed by atoms with Gasteiger partial charge in [-0.25, -0.2) is 0 Å². The number of nitrogens with one attached hydrogen (secondary N) is 2. The maximum atomic E-state index is 12.8. The molecule has 1 heterocycles. The second-order valence-electron chi connectivity index (χ2n) is 6.75. The van der Waals surface area contributed by atoms with E-state index in [1.807, 2.05) is 13.0 Å². The minimum atomic E-state index is -0.812. The highest BCUT2D eigenvalue weighted by Gasteiger charge is 2.33. The summed E-state index contributed by atoms with van der Waals surface area (Å²) in [4.78, 5) is 38.7. The molecule has 1 atom stereocenters. The van der Waals surface area contributed by atoms with Gasteiger partial charge in [-0.1, -0.05) is 37.3 Å². The van der Waals surface area contributed by atoms with Gasteiger partial charge < -0.3 is 25.0 Å². The average molecular weight is 411 g/mol. The molecular weight excluding hydrogens is 386 g/mol. The molecule has 0 bridgehead atoms. The van der Waals surface area contributed by atoms with Crippen LogP contribution in [-0.4, -0.2) is 50.1 Å². The summed E-state index contributed by atoms with van der Waals surface area (Å²) in [5.41, 5.74) is 0.567. The first-order chi connectivity index (χ1) is 14.6. The lowest BCUT2D eigenvalue weighted by molar-refractivity contribution is -0.129. The van der Waals surface area contributed by atoms with E-state index in [9.17, 15) is 14.4 Å². The lowest BCUT2D eigenvalue weighted by atomic mass is 10.1. The summed E-state index contributed by atoms with van der Waals surface area (Å²) in [6.07, 6.45) is -0.0121. The van der Waals surface area contributed by atoms with Gasteiger partial charge >= 0.3 is 0 Å². The Kier molecular flexibility index (Phi) is 7.26. The molecule has 1 aliphatic heterocycles. The zero-order valence-corrected chi connectivity index (χ0v) is 16.8. The quantitative estimate of drug-likeness (QED) is 0.686. The number of benzene rings is 2. The first kappa shape index (κ1) is 21.2. The van der Waals surface area contributed by atoms with Crippen LogP contribution in [0.25, 0.3) is 0 Å². The summed E-state index contributed by atoms with van der Waals surface area (Å²) in [5.74, 6) is -0.00274. The highest BCUT2D eigenvalue weighted by Crippen LogP contribution is 2.33. The summed E-state index contributed by atoms with van der Waals surface area (Å²) in [6.45, 7) is 2.15.